The summed E-state index contributed by atoms with van der Waals surface area (Å²) in [7, 11) is 0. The number of aliphatic hydroxyl groups is 3. The van der Waals surface area contributed by atoms with Crippen LogP contribution in [0.25, 0.3) is 11.1 Å². The molecule has 4 aromatic rings. The molecule has 0 spiro atoms. The minimum absolute atomic E-state index is 0.0458. The van der Waals surface area contributed by atoms with Crippen LogP contribution >= 0.6 is 0 Å². The molecule has 246 valence electrons. The molecule has 4 aromatic carbocycles. The van der Waals surface area contributed by atoms with Gasteiger partial charge in [0.2, 0.25) is 11.6 Å². The summed E-state index contributed by atoms with van der Waals surface area (Å²) in [5.41, 5.74) is -0.366. The third kappa shape index (κ3) is 4.38. The topological polar surface area (TPSA) is 211 Å². The minimum Gasteiger partial charge on any atom is -0.507 e. The molecule has 0 bridgehead atoms. The van der Waals surface area contributed by atoms with Gasteiger partial charge in [0.1, 0.15) is 47.4 Å². The van der Waals surface area contributed by atoms with Crippen LogP contribution in [0.3, 0.4) is 0 Å². The Kier molecular flexibility index (Phi) is 7.20. The highest BCUT2D eigenvalue weighted by Crippen LogP contribution is 2.50. The number of hydrogen-bond donors (Lipinski definition) is 7. The molecule has 6 atom stereocenters. The molecule has 12 heteroatoms. The monoisotopic (exact) mass is 654 g/mol. The predicted molar refractivity (Wildman–Crippen MR) is 166 cm³/mol. The van der Waals surface area contributed by atoms with E-state index in [1.54, 1.807) is 19.9 Å². The lowest BCUT2D eigenvalue weighted by molar-refractivity contribution is -0.301. The molecule has 1 saturated heterocycles. The summed E-state index contributed by atoms with van der Waals surface area (Å²) in [6.07, 6.45) is -8.44. The van der Waals surface area contributed by atoms with Gasteiger partial charge in [-0.15, -0.1) is 0 Å². The standard InChI is InChI=1S/C36H30O12/c1-12-9-18-24(20(38)10-12)31(43)25-17(35(18)48-36-34(46)33(45)28(40)14(3)47-36)8-7-16(29(25)41)22-13(2)11-21(39)26-27(22)30(42)15-5-4-6-19(37)23(15)32(26)44/h4-11,14,28,33-41,45-46H,1-3H3/t14-,28+,33-,34-,35?,36+/m1/s1. The summed E-state index contributed by atoms with van der Waals surface area (Å²) in [5.74, 6) is -4.28. The van der Waals surface area contributed by atoms with Gasteiger partial charge in [-0.05, 0) is 50.1 Å². The van der Waals surface area contributed by atoms with E-state index in [2.05, 4.69) is 0 Å². The summed E-state index contributed by atoms with van der Waals surface area (Å²) >= 11 is 0. The molecule has 3 aliphatic rings. The van der Waals surface area contributed by atoms with E-state index in [0.717, 1.165) is 0 Å². The fraction of sp³-hybridized carbons (Fsp3) is 0.250. The summed E-state index contributed by atoms with van der Waals surface area (Å²) in [6, 6.07) is 11.0. The summed E-state index contributed by atoms with van der Waals surface area (Å²) in [5, 5.41) is 75.5. The Morgan fingerprint density at radius 2 is 1.31 bits per heavy atom. The van der Waals surface area contributed by atoms with Crippen molar-refractivity contribution in [3.8, 4) is 34.1 Å². The van der Waals surface area contributed by atoms with Crippen molar-refractivity contribution >= 4 is 17.3 Å². The van der Waals surface area contributed by atoms with E-state index in [9.17, 15) is 50.1 Å². The number of phenols is 4. The number of aryl methyl sites for hydroxylation is 2. The Morgan fingerprint density at radius 3 is 2.04 bits per heavy atom. The van der Waals surface area contributed by atoms with E-state index in [-0.39, 0.29) is 61.2 Å². The first-order valence-electron chi connectivity index (χ1n) is 15.1. The number of carbonyl (C=O) groups is 3. The molecule has 0 aromatic heterocycles. The lowest BCUT2D eigenvalue weighted by atomic mass is 9.76. The van der Waals surface area contributed by atoms with Gasteiger partial charge in [-0.25, -0.2) is 0 Å². The summed E-state index contributed by atoms with van der Waals surface area (Å²) in [4.78, 5) is 41.6. The van der Waals surface area contributed by atoms with E-state index in [0.29, 0.717) is 5.56 Å². The first-order valence-corrected chi connectivity index (χ1v) is 15.1. The average Bonchev–Trinajstić information content (AvgIpc) is 3.02. The number of ether oxygens (including phenoxy) is 2. The first kappa shape index (κ1) is 31.5. The number of aliphatic hydroxyl groups excluding tert-OH is 3. The lowest BCUT2D eigenvalue weighted by Crippen LogP contribution is -2.57. The molecule has 2 aliphatic carbocycles. The smallest absolute Gasteiger partial charge is 0.201 e. The molecule has 1 aliphatic heterocycles. The van der Waals surface area contributed by atoms with Gasteiger partial charge in [-0.2, -0.15) is 0 Å². The van der Waals surface area contributed by atoms with Crippen molar-refractivity contribution in [3.63, 3.8) is 0 Å². The molecule has 1 unspecified atom stereocenters. The fourth-order valence-electron chi connectivity index (χ4n) is 7.05. The highest BCUT2D eigenvalue weighted by atomic mass is 16.7. The number of phenolic OH excluding ortho intramolecular Hbond substituents is 4. The van der Waals surface area contributed by atoms with Crippen molar-refractivity contribution in [2.75, 3.05) is 0 Å². The largest absolute Gasteiger partial charge is 0.507 e. The Morgan fingerprint density at radius 1 is 0.625 bits per heavy atom. The van der Waals surface area contributed by atoms with Crippen LogP contribution in [-0.4, -0.2) is 83.8 Å². The van der Waals surface area contributed by atoms with Crippen molar-refractivity contribution < 1.29 is 59.6 Å². The normalized spacial score (nSPS) is 24.5. The molecular weight excluding hydrogens is 624 g/mol. The van der Waals surface area contributed by atoms with E-state index in [1.807, 2.05) is 0 Å². The van der Waals surface area contributed by atoms with E-state index in [4.69, 9.17) is 9.47 Å². The Hall–Kier alpha value is -5.11. The molecule has 1 heterocycles. The van der Waals surface area contributed by atoms with Crippen molar-refractivity contribution in [2.45, 2.75) is 57.6 Å². The van der Waals surface area contributed by atoms with Gasteiger partial charge in [0.05, 0.1) is 28.4 Å². The van der Waals surface area contributed by atoms with Gasteiger partial charge in [-0.1, -0.05) is 30.3 Å². The zero-order chi connectivity index (χ0) is 34.5. The van der Waals surface area contributed by atoms with Crippen LogP contribution in [0.15, 0.2) is 48.5 Å². The second-order valence-electron chi connectivity index (χ2n) is 12.4. The Labute approximate surface area is 272 Å². The molecular formula is C36H30O12. The SMILES string of the molecule is Cc1cc(O)c2c(c1)C(O[C@@H]1O[C@H](C)[C@H](O)[C@@H](O)[C@H]1O)c1ccc(-c3c(C)cc(O)c4c3C(=O)c3cccc(O)c3C4=O)c(O)c1C2=O. The van der Waals surface area contributed by atoms with Crippen LogP contribution < -0.4 is 0 Å². The molecule has 1 fully saturated rings. The van der Waals surface area contributed by atoms with Gasteiger partial charge >= 0.3 is 0 Å². The van der Waals surface area contributed by atoms with Crippen LogP contribution in [0.5, 0.6) is 23.0 Å². The maximum atomic E-state index is 14.1. The molecule has 7 N–H and O–H groups in total. The minimum atomic E-state index is -1.70. The predicted octanol–water partition coefficient (Wildman–Crippen LogP) is 3.05. The second kappa shape index (κ2) is 11.0. The van der Waals surface area contributed by atoms with Crippen LogP contribution in [0.2, 0.25) is 0 Å². The van der Waals surface area contributed by atoms with Crippen LogP contribution in [0.4, 0.5) is 0 Å². The number of hydrogen-bond acceptors (Lipinski definition) is 12. The van der Waals surface area contributed by atoms with Gasteiger partial charge in [-0.3, -0.25) is 14.4 Å². The maximum absolute atomic E-state index is 14.1. The van der Waals surface area contributed by atoms with Gasteiger partial charge in [0.25, 0.3) is 0 Å². The quantitative estimate of drug-likeness (QED) is 0.150. The fourth-order valence-corrected chi connectivity index (χ4v) is 7.05. The van der Waals surface area contributed by atoms with Crippen LogP contribution in [0, 0.1) is 13.8 Å². The molecule has 48 heavy (non-hydrogen) atoms. The highest BCUT2D eigenvalue weighted by molar-refractivity contribution is 6.32. The Balaban J connectivity index is 1.44. The highest BCUT2D eigenvalue weighted by Gasteiger charge is 2.46. The van der Waals surface area contributed by atoms with Crippen molar-refractivity contribution in [1.29, 1.82) is 0 Å². The van der Waals surface area contributed by atoms with Crippen molar-refractivity contribution in [2.24, 2.45) is 0 Å². The third-order valence-electron chi connectivity index (χ3n) is 9.34. The van der Waals surface area contributed by atoms with E-state index in [1.165, 1.54) is 49.4 Å². The molecule has 0 saturated carbocycles. The van der Waals surface area contributed by atoms with Gasteiger partial charge in [0, 0.05) is 33.4 Å². The second-order valence-corrected chi connectivity index (χ2v) is 12.4. The van der Waals surface area contributed by atoms with Crippen LogP contribution in [0.1, 0.15) is 83.0 Å². The summed E-state index contributed by atoms with van der Waals surface area (Å²) in [6.45, 7) is 4.70. The molecule has 7 rings (SSSR count). The van der Waals surface area contributed by atoms with Crippen LogP contribution in [-0.2, 0) is 9.47 Å². The lowest BCUT2D eigenvalue weighted by Gasteiger charge is -2.41. The molecule has 0 amide bonds. The van der Waals surface area contributed by atoms with Crippen molar-refractivity contribution in [3.05, 3.63) is 104 Å². The number of rotatable bonds is 3. The van der Waals surface area contributed by atoms with Gasteiger partial charge in [0.15, 0.2) is 12.1 Å². The summed E-state index contributed by atoms with van der Waals surface area (Å²) < 4.78 is 11.9. The van der Waals surface area contributed by atoms with Crippen molar-refractivity contribution in [1.82, 2.24) is 0 Å². The third-order valence-corrected chi connectivity index (χ3v) is 9.34. The number of aromatic hydroxyl groups is 4. The zero-order valence-electron chi connectivity index (χ0n) is 25.8. The maximum Gasteiger partial charge on any atom is 0.201 e. The molecule has 0 radical (unpaired) electrons. The number of benzene rings is 4. The molecule has 12 nitrogen and oxygen atoms in total. The first-order chi connectivity index (χ1) is 22.7. The number of carbonyl (C=O) groups excluding carboxylic acids is 3. The Bertz CT molecular complexity index is 2100. The number of ketones is 3. The average molecular weight is 655 g/mol. The van der Waals surface area contributed by atoms with Gasteiger partial charge < -0.3 is 45.2 Å². The zero-order valence-corrected chi connectivity index (χ0v) is 25.8. The van der Waals surface area contributed by atoms with E-state index >= 15 is 0 Å². The van der Waals surface area contributed by atoms with E-state index < -0.39 is 77.2 Å². The number of fused-ring (bicyclic) bond motifs is 4.